The molecule has 24 heavy (non-hydrogen) atoms. The van der Waals surface area contributed by atoms with Gasteiger partial charge in [-0.1, -0.05) is 58.0 Å². The quantitative estimate of drug-likeness (QED) is 0.281. The van der Waals surface area contributed by atoms with Crippen LogP contribution in [0.4, 0.5) is 0 Å². The Kier molecular flexibility index (Phi) is 8.14. The molecular formula is C14H10Cl5N3O2. The molecule has 10 heteroatoms. The smallest absolute Gasteiger partial charge is 0.245 e. The van der Waals surface area contributed by atoms with Gasteiger partial charge < -0.3 is 9.47 Å². The minimum atomic E-state index is -1.93. The Morgan fingerprint density at radius 1 is 1.17 bits per heavy atom. The van der Waals surface area contributed by atoms with Crippen molar-refractivity contribution in [3.63, 3.8) is 0 Å². The zero-order valence-electron chi connectivity index (χ0n) is 12.4. The lowest BCUT2D eigenvalue weighted by atomic mass is 10.1. The molecule has 1 aromatic carbocycles. The van der Waals surface area contributed by atoms with E-state index in [1.807, 2.05) is 6.07 Å². The highest BCUT2D eigenvalue weighted by Crippen LogP contribution is 2.30. The summed E-state index contributed by atoms with van der Waals surface area (Å²) < 4.78 is 8.41. The molecule has 0 spiro atoms. The van der Waals surface area contributed by atoms with Gasteiger partial charge in [0.25, 0.3) is 0 Å². The summed E-state index contributed by atoms with van der Waals surface area (Å²) in [4.78, 5) is 0. The zero-order chi connectivity index (χ0) is 18.3. The van der Waals surface area contributed by atoms with E-state index in [1.54, 1.807) is 18.2 Å². The van der Waals surface area contributed by atoms with E-state index in [4.69, 9.17) is 67.5 Å². The Labute approximate surface area is 164 Å². The maximum absolute atomic E-state index is 9.24. The number of alkyl halides is 3. The van der Waals surface area contributed by atoms with Gasteiger partial charge in [0, 0.05) is 11.6 Å². The summed E-state index contributed by atoms with van der Waals surface area (Å²) in [5, 5.41) is 15.6. The van der Waals surface area contributed by atoms with E-state index in [0.29, 0.717) is 17.1 Å². The molecule has 1 aromatic rings. The standard InChI is InChI=1S/C14H10Cl5N3O2/c1-23-10-4-3-8(11(6-10)24-2)5-9(7-20)12(15)21-22-13(16)14(17,18)19/h3-6H,1-2H3. The van der Waals surface area contributed by atoms with Crippen LogP contribution in [0.15, 0.2) is 34.0 Å². The van der Waals surface area contributed by atoms with Crippen molar-refractivity contribution < 1.29 is 9.47 Å². The number of allylic oxidation sites excluding steroid dienone is 1. The van der Waals surface area contributed by atoms with Crippen molar-refractivity contribution >= 4 is 74.4 Å². The van der Waals surface area contributed by atoms with Gasteiger partial charge in [-0.15, -0.1) is 10.2 Å². The molecule has 0 N–H and O–H groups in total. The molecule has 5 nitrogen and oxygen atoms in total. The van der Waals surface area contributed by atoms with E-state index in [9.17, 15) is 5.26 Å². The summed E-state index contributed by atoms with van der Waals surface area (Å²) in [5.41, 5.74) is 0.595. The van der Waals surface area contributed by atoms with E-state index in [1.165, 1.54) is 20.3 Å². The van der Waals surface area contributed by atoms with Crippen LogP contribution in [0.3, 0.4) is 0 Å². The first-order valence-electron chi connectivity index (χ1n) is 6.11. The maximum atomic E-state index is 9.24. The number of methoxy groups -OCH3 is 2. The van der Waals surface area contributed by atoms with Crippen LogP contribution in [-0.4, -0.2) is 28.4 Å². The fraction of sp³-hybridized carbons (Fsp3) is 0.214. The number of benzene rings is 1. The van der Waals surface area contributed by atoms with Gasteiger partial charge in [-0.3, -0.25) is 0 Å². The number of rotatable bonds is 5. The first-order chi connectivity index (χ1) is 11.2. The lowest BCUT2D eigenvalue weighted by molar-refractivity contribution is 0.394. The molecule has 0 aromatic heterocycles. The SMILES string of the molecule is COc1ccc(C=C(C#N)C(Cl)=NN=C(Cl)C(Cl)(Cl)Cl)c(OC)c1. The molecule has 0 fully saturated rings. The third kappa shape index (κ3) is 6.04. The molecule has 0 aliphatic heterocycles. The fourth-order valence-electron chi connectivity index (χ4n) is 1.43. The topological polar surface area (TPSA) is 67.0 Å². The van der Waals surface area contributed by atoms with Crippen LogP contribution in [-0.2, 0) is 0 Å². The summed E-state index contributed by atoms with van der Waals surface area (Å²) in [5.74, 6) is 1.08. The molecule has 1 rings (SSSR count). The molecule has 0 atom stereocenters. The van der Waals surface area contributed by atoms with Gasteiger partial charge in [0.1, 0.15) is 17.6 Å². The van der Waals surface area contributed by atoms with Crippen molar-refractivity contribution in [3.8, 4) is 17.6 Å². The van der Waals surface area contributed by atoms with Crippen LogP contribution in [0.5, 0.6) is 11.5 Å². The second-order valence-corrected chi connectivity index (χ2v) is 7.05. The third-order valence-electron chi connectivity index (χ3n) is 2.54. The highest BCUT2D eigenvalue weighted by molar-refractivity contribution is 6.89. The number of hydrogen-bond donors (Lipinski definition) is 0. The van der Waals surface area contributed by atoms with Crippen LogP contribution < -0.4 is 9.47 Å². The summed E-state index contributed by atoms with van der Waals surface area (Å²) in [7, 11) is 3.01. The van der Waals surface area contributed by atoms with E-state index in [2.05, 4.69) is 10.2 Å². The molecular weight excluding hydrogens is 419 g/mol. The zero-order valence-corrected chi connectivity index (χ0v) is 16.1. The van der Waals surface area contributed by atoms with Crippen LogP contribution in [0.1, 0.15) is 5.56 Å². The first-order valence-corrected chi connectivity index (χ1v) is 8.00. The molecule has 0 bridgehead atoms. The summed E-state index contributed by atoms with van der Waals surface area (Å²) in [6.45, 7) is 0. The van der Waals surface area contributed by atoms with Crippen LogP contribution >= 0.6 is 58.0 Å². The highest BCUT2D eigenvalue weighted by atomic mass is 35.6. The lowest BCUT2D eigenvalue weighted by Crippen LogP contribution is -2.11. The molecule has 0 aliphatic carbocycles. The van der Waals surface area contributed by atoms with Crippen molar-refractivity contribution in [2.75, 3.05) is 14.2 Å². The Bertz CT molecular complexity index is 733. The molecule has 0 amide bonds. The van der Waals surface area contributed by atoms with Crippen LogP contribution in [0, 0.1) is 11.3 Å². The van der Waals surface area contributed by atoms with E-state index < -0.39 is 8.96 Å². The summed E-state index contributed by atoms with van der Waals surface area (Å²) in [6, 6.07) is 6.94. The molecule has 0 aliphatic rings. The van der Waals surface area contributed by atoms with Crippen LogP contribution in [0.2, 0.25) is 0 Å². The number of nitrogens with zero attached hydrogens (tertiary/aromatic N) is 3. The molecule has 0 saturated heterocycles. The second-order valence-electron chi connectivity index (χ2n) is 4.06. The number of halogens is 5. The van der Waals surface area contributed by atoms with Gasteiger partial charge in [-0.25, -0.2) is 0 Å². The molecule has 0 unspecified atom stereocenters. The van der Waals surface area contributed by atoms with Gasteiger partial charge in [0.15, 0.2) is 10.3 Å². The molecule has 128 valence electrons. The number of nitriles is 1. The van der Waals surface area contributed by atoms with Crippen molar-refractivity contribution in [3.05, 3.63) is 29.3 Å². The van der Waals surface area contributed by atoms with Gasteiger partial charge in [0.2, 0.25) is 3.79 Å². The first kappa shape index (κ1) is 20.9. The van der Waals surface area contributed by atoms with Gasteiger partial charge in [0.05, 0.1) is 19.8 Å². The largest absolute Gasteiger partial charge is 0.497 e. The van der Waals surface area contributed by atoms with Gasteiger partial charge >= 0.3 is 0 Å². The summed E-state index contributed by atoms with van der Waals surface area (Å²) in [6.07, 6.45) is 1.46. The number of hydrogen-bond acceptors (Lipinski definition) is 5. The highest BCUT2D eigenvalue weighted by Gasteiger charge is 2.26. The Morgan fingerprint density at radius 3 is 2.33 bits per heavy atom. The average Bonchev–Trinajstić information content (AvgIpc) is 2.56. The van der Waals surface area contributed by atoms with E-state index in [0.717, 1.165) is 0 Å². The molecule has 0 heterocycles. The minimum Gasteiger partial charge on any atom is -0.497 e. The fourth-order valence-corrected chi connectivity index (χ4v) is 1.72. The third-order valence-corrected chi connectivity index (χ3v) is 4.01. The van der Waals surface area contributed by atoms with Crippen molar-refractivity contribution in [1.29, 1.82) is 5.26 Å². The van der Waals surface area contributed by atoms with Crippen molar-refractivity contribution in [1.82, 2.24) is 0 Å². The predicted octanol–water partition coefficient (Wildman–Crippen LogP) is 5.17. The maximum Gasteiger partial charge on any atom is 0.245 e. The monoisotopic (exact) mass is 427 g/mol. The van der Waals surface area contributed by atoms with Crippen molar-refractivity contribution in [2.45, 2.75) is 3.79 Å². The van der Waals surface area contributed by atoms with Gasteiger partial charge in [-0.2, -0.15) is 5.26 Å². The Hall–Kier alpha value is -1.16. The Morgan fingerprint density at radius 2 is 1.83 bits per heavy atom. The lowest BCUT2D eigenvalue weighted by Gasteiger charge is -2.08. The van der Waals surface area contributed by atoms with Crippen molar-refractivity contribution in [2.24, 2.45) is 10.2 Å². The minimum absolute atomic E-state index is 0.0117. The van der Waals surface area contributed by atoms with Crippen LogP contribution in [0.25, 0.3) is 6.08 Å². The normalized spacial score (nSPS) is 13.5. The predicted molar refractivity (Wildman–Crippen MR) is 100 cm³/mol. The average molecular weight is 430 g/mol. The Balaban J connectivity index is 3.22. The summed E-state index contributed by atoms with van der Waals surface area (Å²) >= 11 is 28.2. The molecule has 0 radical (unpaired) electrons. The molecule has 0 saturated carbocycles. The number of ether oxygens (including phenoxy) is 2. The van der Waals surface area contributed by atoms with E-state index in [-0.39, 0.29) is 10.7 Å². The van der Waals surface area contributed by atoms with E-state index >= 15 is 0 Å². The second kappa shape index (κ2) is 9.36. The van der Waals surface area contributed by atoms with Gasteiger partial charge in [-0.05, 0) is 18.2 Å².